The first kappa shape index (κ1) is 24.2. The Morgan fingerprint density at radius 3 is 2.21 bits per heavy atom. The van der Waals surface area contributed by atoms with Crippen LogP contribution in [0, 0.1) is 0 Å². The fourth-order valence-electron chi connectivity index (χ4n) is 5.15. The fourth-order valence-corrected chi connectivity index (χ4v) is 9.73. The molecule has 178 valence electrons. The Labute approximate surface area is 204 Å². The lowest BCUT2D eigenvalue weighted by atomic mass is 10.00. The second kappa shape index (κ2) is 10.1. The average Bonchev–Trinajstić information content (AvgIpc) is 3.33. The molecule has 0 aliphatic carbocycles. The highest BCUT2D eigenvalue weighted by Crippen LogP contribution is 2.37. The summed E-state index contributed by atoms with van der Waals surface area (Å²) in [5.74, 6) is 0. The van der Waals surface area contributed by atoms with Crippen LogP contribution in [0.5, 0.6) is 0 Å². The van der Waals surface area contributed by atoms with E-state index in [2.05, 4.69) is 98.6 Å². The summed E-state index contributed by atoms with van der Waals surface area (Å²) in [5, 5.41) is 9.15. The SMILES string of the molecule is C=CCN[C@@H]1c2cccn2C(=O)N[C@H]1CCO[Si](c1ccccc1)(c1ccccc1)C(C)(C)C. The van der Waals surface area contributed by atoms with Crippen LogP contribution < -0.4 is 21.0 Å². The molecule has 2 atom stereocenters. The minimum atomic E-state index is -2.61. The van der Waals surface area contributed by atoms with Gasteiger partial charge in [0.15, 0.2) is 0 Å². The summed E-state index contributed by atoms with van der Waals surface area (Å²) in [6.45, 7) is 11.9. The lowest BCUT2D eigenvalue weighted by Gasteiger charge is -2.43. The van der Waals surface area contributed by atoms with Crippen LogP contribution in [0.3, 0.4) is 0 Å². The van der Waals surface area contributed by atoms with Crippen molar-refractivity contribution < 1.29 is 9.22 Å². The van der Waals surface area contributed by atoms with Crippen molar-refractivity contribution in [3.05, 3.63) is 97.3 Å². The van der Waals surface area contributed by atoms with Crippen LogP contribution in [0.4, 0.5) is 4.79 Å². The number of nitrogens with zero attached hydrogens (tertiary/aromatic N) is 1. The summed E-state index contributed by atoms with van der Waals surface area (Å²) in [6, 6.07) is 25.1. The average molecular weight is 474 g/mol. The highest BCUT2D eigenvalue weighted by Gasteiger charge is 2.50. The maximum absolute atomic E-state index is 12.7. The topological polar surface area (TPSA) is 55.3 Å². The zero-order valence-electron chi connectivity index (χ0n) is 20.3. The van der Waals surface area contributed by atoms with Crippen molar-refractivity contribution in [3.63, 3.8) is 0 Å². The lowest BCUT2D eigenvalue weighted by Crippen LogP contribution is -2.66. The van der Waals surface area contributed by atoms with Crippen LogP contribution >= 0.6 is 0 Å². The summed E-state index contributed by atoms with van der Waals surface area (Å²) in [7, 11) is -2.61. The Kier molecular flexibility index (Phi) is 7.21. The Morgan fingerprint density at radius 1 is 1.03 bits per heavy atom. The van der Waals surface area contributed by atoms with Crippen molar-refractivity contribution in [1.29, 1.82) is 0 Å². The molecule has 0 radical (unpaired) electrons. The number of benzene rings is 2. The van der Waals surface area contributed by atoms with Gasteiger partial charge in [-0.3, -0.25) is 4.57 Å². The van der Waals surface area contributed by atoms with Crippen molar-refractivity contribution in [1.82, 2.24) is 15.2 Å². The van der Waals surface area contributed by atoms with Gasteiger partial charge < -0.3 is 15.1 Å². The van der Waals surface area contributed by atoms with Gasteiger partial charge in [0.1, 0.15) is 0 Å². The van der Waals surface area contributed by atoms with E-state index in [-0.39, 0.29) is 23.2 Å². The van der Waals surface area contributed by atoms with Gasteiger partial charge in [-0.25, -0.2) is 4.79 Å². The number of hydrogen-bond acceptors (Lipinski definition) is 3. The number of carbonyl (C=O) groups is 1. The van der Waals surface area contributed by atoms with Crippen molar-refractivity contribution in [2.75, 3.05) is 13.2 Å². The predicted octanol–water partition coefficient (Wildman–Crippen LogP) is 4.21. The van der Waals surface area contributed by atoms with Crippen LogP contribution in [-0.4, -0.2) is 38.1 Å². The van der Waals surface area contributed by atoms with Crippen LogP contribution in [0.1, 0.15) is 38.9 Å². The fraction of sp³-hybridized carbons (Fsp3) is 0.321. The number of rotatable bonds is 9. The van der Waals surface area contributed by atoms with Crippen molar-refractivity contribution in [2.45, 2.75) is 44.3 Å². The molecule has 4 rings (SSSR count). The molecule has 0 saturated heterocycles. The second-order valence-electron chi connectivity index (χ2n) is 9.83. The molecular weight excluding hydrogens is 438 g/mol. The van der Waals surface area contributed by atoms with E-state index in [1.165, 1.54) is 10.4 Å². The molecule has 1 aliphatic rings. The van der Waals surface area contributed by atoms with Crippen LogP contribution in [-0.2, 0) is 4.43 Å². The number of amides is 1. The van der Waals surface area contributed by atoms with E-state index in [1.807, 2.05) is 24.4 Å². The predicted molar refractivity (Wildman–Crippen MR) is 141 cm³/mol. The maximum Gasteiger partial charge on any atom is 0.326 e. The quantitative estimate of drug-likeness (QED) is 0.362. The Bertz CT molecular complexity index is 1070. The van der Waals surface area contributed by atoms with Crippen LogP contribution in [0.25, 0.3) is 0 Å². The Balaban J connectivity index is 1.63. The zero-order chi connectivity index (χ0) is 24.2. The van der Waals surface area contributed by atoms with Crippen molar-refractivity contribution >= 4 is 24.7 Å². The third kappa shape index (κ3) is 4.53. The van der Waals surface area contributed by atoms with Gasteiger partial charge in [0.05, 0.1) is 12.1 Å². The lowest BCUT2D eigenvalue weighted by molar-refractivity contribution is 0.210. The first-order valence-electron chi connectivity index (χ1n) is 12.0. The summed E-state index contributed by atoms with van der Waals surface area (Å²) < 4.78 is 8.74. The molecule has 34 heavy (non-hydrogen) atoms. The molecule has 2 aromatic carbocycles. The first-order chi connectivity index (χ1) is 16.4. The molecule has 0 spiro atoms. The number of nitrogens with one attached hydrogen (secondary N) is 2. The summed E-state index contributed by atoms with van der Waals surface area (Å²) in [6.07, 6.45) is 4.36. The minimum absolute atomic E-state index is 0.00606. The van der Waals surface area contributed by atoms with E-state index in [1.54, 1.807) is 4.57 Å². The van der Waals surface area contributed by atoms with E-state index < -0.39 is 8.32 Å². The molecule has 6 heteroatoms. The number of hydrogen-bond donors (Lipinski definition) is 2. The molecule has 2 heterocycles. The zero-order valence-corrected chi connectivity index (χ0v) is 21.3. The van der Waals surface area contributed by atoms with Gasteiger partial charge in [0, 0.05) is 25.0 Å². The molecule has 0 bridgehead atoms. The highest BCUT2D eigenvalue weighted by atomic mass is 28.4. The first-order valence-corrected chi connectivity index (χ1v) is 13.9. The summed E-state index contributed by atoms with van der Waals surface area (Å²) in [5.41, 5.74) is 0.973. The third-order valence-corrected chi connectivity index (χ3v) is 11.7. The number of aromatic nitrogens is 1. The third-order valence-electron chi connectivity index (χ3n) is 6.68. The summed E-state index contributed by atoms with van der Waals surface area (Å²) in [4.78, 5) is 12.7. The molecule has 2 N–H and O–H groups in total. The molecule has 0 saturated carbocycles. The van der Waals surface area contributed by atoms with Crippen molar-refractivity contribution in [3.8, 4) is 0 Å². The summed E-state index contributed by atoms with van der Waals surface area (Å²) >= 11 is 0. The highest BCUT2D eigenvalue weighted by molar-refractivity contribution is 6.99. The van der Waals surface area contributed by atoms with Crippen LogP contribution in [0.2, 0.25) is 5.04 Å². The standard InChI is InChI=1S/C28H35N3O2Si/c1-5-19-29-26-24(30-27(32)31-20-12-17-25(26)31)18-21-33-34(28(2,3)4,22-13-8-6-9-14-22)23-15-10-7-11-16-23/h5-17,20,24,26,29H,1,18-19,21H2,2-4H3,(H,30,32)/t24-,26-/m0/s1. The number of carbonyl (C=O) groups excluding carboxylic acids is 1. The molecule has 5 nitrogen and oxygen atoms in total. The molecule has 1 aliphatic heterocycles. The Morgan fingerprint density at radius 2 is 1.65 bits per heavy atom. The Hall–Kier alpha value is -2.93. The molecule has 0 unspecified atom stereocenters. The number of fused-ring (bicyclic) bond motifs is 1. The van der Waals surface area contributed by atoms with Crippen LogP contribution in [0.15, 0.2) is 91.6 Å². The van der Waals surface area contributed by atoms with E-state index in [0.29, 0.717) is 19.6 Å². The monoisotopic (exact) mass is 473 g/mol. The molecule has 0 fully saturated rings. The van der Waals surface area contributed by atoms with E-state index in [0.717, 1.165) is 5.69 Å². The molecule has 1 amide bonds. The van der Waals surface area contributed by atoms with E-state index >= 15 is 0 Å². The molecule has 3 aromatic rings. The van der Waals surface area contributed by atoms with Gasteiger partial charge in [0.2, 0.25) is 0 Å². The largest absolute Gasteiger partial charge is 0.407 e. The van der Waals surface area contributed by atoms with Gasteiger partial charge in [-0.05, 0) is 34.0 Å². The molecule has 1 aromatic heterocycles. The second-order valence-corrected chi connectivity index (χ2v) is 14.1. The van der Waals surface area contributed by atoms with Gasteiger partial charge >= 0.3 is 6.03 Å². The van der Waals surface area contributed by atoms with Gasteiger partial charge in [-0.15, -0.1) is 6.58 Å². The minimum Gasteiger partial charge on any atom is -0.407 e. The molecular formula is C28H35N3O2Si. The van der Waals surface area contributed by atoms with Gasteiger partial charge in [-0.1, -0.05) is 87.5 Å². The van der Waals surface area contributed by atoms with E-state index in [9.17, 15) is 4.79 Å². The smallest absolute Gasteiger partial charge is 0.326 e. The maximum atomic E-state index is 12.7. The van der Waals surface area contributed by atoms with Gasteiger partial charge in [-0.2, -0.15) is 0 Å². The van der Waals surface area contributed by atoms with Gasteiger partial charge in [0.25, 0.3) is 8.32 Å². The van der Waals surface area contributed by atoms with Crippen molar-refractivity contribution in [2.24, 2.45) is 0 Å². The van der Waals surface area contributed by atoms with E-state index in [4.69, 9.17) is 4.43 Å². The normalized spacial score (nSPS) is 18.3.